The van der Waals surface area contributed by atoms with Crippen molar-refractivity contribution >= 4 is 0 Å². The van der Waals surface area contributed by atoms with Crippen LogP contribution in [0.4, 0.5) is 0 Å². The third-order valence-electron chi connectivity index (χ3n) is 2.84. The number of hydrogen-bond donors (Lipinski definition) is 2. The summed E-state index contributed by atoms with van der Waals surface area (Å²) in [6.45, 7) is 0. The molecule has 1 unspecified atom stereocenters. The van der Waals surface area contributed by atoms with Crippen LogP contribution in [0.15, 0.2) is 36.4 Å². The summed E-state index contributed by atoms with van der Waals surface area (Å²) in [6, 6.07) is 10.1. The average Bonchev–Trinajstić information content (AvgIpc) is 2.82. The quantitative estimate of drug-likeness (QED) is 0.550. The number of ether oxygens (including phenoxy) is 2. The molecule has 4 nitrogen and oxygen atoms in total. The van der Waals surface area contributed by atoms with Gasteiger partial charge in [-0.05, 0) is 0 Å². The summed E-state index contributed by atoms with van der Waals surface area (Å²) in [4.78, 5) is 2.08. The van der Waals surface area contributed by atoms with E-state index in [1.807, 2.05) is 6.07 Å². The van der Waals surface area contributed by atoms with Crippen LogP contribution in [0, 0.1) is 3.57 Å². The van der Waals surface area contributed by atoms with E-state index in [-0.39, 0.29) is 27.0 Å². The fraction of sp³-hybridized carbons (Fsp3) is 0.143. The van der Waals surface area contributed by atoms with Crippen molar-refractivity contribution in [3.05, 3.63) is 45.5 Å². The molecule has 19 heavy (non-hydrogen) atoms. The molecule has 3 rings (SSSR count). The zero-order valence-electron chi connectivity index (χ0n) is 10.1. The van der Waals surface area contributed by atoms with Crippen molar-refractivity contribution in [3.8, 4) is 23.0 Å². The molecule has 2 N–H and O–H groups in total. The van der Waals surface area contributed by atoms with Crippen molar-refractivity contribution in [2.24, 2.45) is 0 Å². The molecule has 0 bridgehead atoms. The van der Waals surface area contributed by atoms with E-state index >= 15 is 0 Å². The molecule has 0 aromatic heterocycles. The zero-order valence-corrected chi connectivity index (χ0v) is 12.3. The van der Waals surface area contributed by atoms with Crippen LogP contribution in [0.25, 0.3) is 0 Å². The number of fused-ring (bicyclic) bond motifs is 1. The molecule has 5 heteroatoms. The number of phenolic OH excluding ortho intramolecular Hbond substituents is 2. The van der Waals surface area contributed by atoms with Crippen LogP contribution in [0.2, 0.25) is 0 Å². The molecular formula is C14H12IO4-. The van der Waals surface area contributed by atoms with Gasteiger partial charge in [-0.2, -0.15) is 0 Å². The third-order valence-corrected chi connectivity index (χ3v) is 4.87. The number of hydrogen-bond acceptors (Lipinski definition) is 4. The van der Waals surface area contributed by atoms with Crippen LogP contribution in [0.1, 0.15) is 11.9 Å². The minimum absolute atomic E-state index is 0.147. The first kappa shape index (κ1) is 12.4. The molecule has 0 aliphatic carbocycles. The Hall–Kier alpha value is -1.63. The minimum atomic E-state index is -0.522. The van der Waals surface area contributed by atoms with Gasteiger partial charge in [0.25, 0.3) is 0 Å². The molecule has 2 aromatic rings. The molecule has 0 amide bonds. The van der Waals surface area contributed by atoms with Gasteiger partial charge in [0.2, 0.25) is 0 Å². The van der Waals surface area contributed by atoms with Crippen LogP contribution >= 0.6 is 0 Å². The van der Waals surface area contributed by atoms with Crippen molar-refractivity contribution in [1.29, 1.82) is 0 Å². The van der Waals surface area contributed by atoms with Gasteiger partial charge in [0.1, 0.15) is 0 Å². The Kier molecular flexibility index (Phi) is 3.14. The molecule has 1 atom stereocenters. The maximum absolute atomic E-state index is 9.70. The van der Waals surface area contributed by atoms with Gasteiger partial charge >= 0.3 is 121 Å². The molecule has 100 valence electrons. The third kappa shape index (κ3) is 2.30. The van der Waals surface area contributed by atoms with Crippen molar-refractivity contribution in [2.45, 2.75) is 6.29 Å². The van der Waals surface area contributed by atoms with E-state index in [4.69, 9.17) is 9.47 Å². The fourth-order valence-electron chi connectivity index (χ4n) is 1.90. The predicted molar refractivity (Wildman–Crippen MR) is 64.8 cm³/mol. The molecule has 0 radical (unpaired) electrons. The van der Waals surface area contributed by atoms with E-state index < -0.39 is 6.29 Å². The molecule has 0 saturated carbocycles. The second-order valence-electron chi connectivity index (χ2n) is 4.10. The Bertz CT molecular complexity index is 627. The number of halogens is 1. The predicted octanol–water partition coefficient (Wildman–Crippen LogP) is -0.544. The van der Waals surface area contributed by atoms with Crippen molar-refractivity contribution in [1.82, 2.24) is 0 Å². The summed E-state index contributed by atoms with van der Waals surface area (Å²) in [6.07, 6.45) is -0.522. The summed E-state index contributed by atoms with van der Waals surface area (Å²) in [5.74, 6) is 1.62. The molecule has 0 fully saturated rings. The Morgan fingerprint density at radius 1 is 1.00 bits per heavy atom. The summed E-state index contributed by atoms with van der Waals surface area (Å²) in [7, 11) is 0. The Morgan fingerprint density at radius 3 is 2.58 bits per heavy atom. The number of rotatable bonds is 2. The molecule has 1 aliphatic heterocycles. The maximum atomic E-state index is 9.70. The van der Waals surface area contributed by atoms with Crippen LogP contribution in [-0.4, -0.2) is 15.1 Å². The van der Waals surface area contributed by atoms with Crippen molar-refractivity contribution in [3.63, 3.8) is 0 Å². The molecule has 1 heterocycles. The molecule has 0 saturated heterocycles. The van der Waals surface area contributed by atoms with Crippen molar-refractivity contribution in [2.75, 3.05) is 4.93 Å². The summed E-state index contributed by atoms with van der Waals surface area (Å²) >= 11 is -0.211. The van der Waals surface area contributed by atoms with Gasteiger partial charge < -0.3 is 0 Å². The van der Waals surface area contributed by atoms with Gasteiger partial charge in [0, 0.05) is 0 Å². The van der Waals surface area contributed by atoms with Gasteiger partial charge in [-0.3, -0.25) is 0 Å². The van der Waals surface area contributed by atoms with Crippen LogP contribution < -0.4 is 30.7 Å². The van der Waals surface area contributed by atoms with Gasteiger partial charge in [0.05, 0.1) is 0 Å². The standard InChI is InChI=1S/C14H12IO4/c1-15-10-6-8(2-4-11(10)17)14-18-12-5-3-9(16)7-13(12)19-14/h2-7,14,16-17H,1H3/q-1. The van der Waals surface area contributed by atoms with Gasteiger partial charge in [-0.25, -0.2) is 0 Å². The van der Waals surface area contributed by atoms with Gasteiger partial charge in [-0.1, -0.05) is 0 Å². The number of benzene rings is 2. The van der Waals surface area contributed by atoms with E-state index in [9.17, 15) is 10.2 Å². The van der Waals surface area contributed by atoms with Crippen LogP contribution in [0.3, 0.4) is 0 Å². The normalized spacial score (nSPS) is 16.8. The molecule has 0 spiro atoms. The summed E-state index contributed by atoms with van der Waals surface area (Å²) in [5, 5.41) is 19.1. The number of phenols is 2. The first-order valence-corrected chi connectivity index (χ1v) is 8.89. The van der Waals surface area contributed by atoms with E-state index in [1.165, 1.54) is 6.07 Å². The average molecular weight is 371 g/mol. The second-order valence-corrected chi connectivity index (χ2v) is 6.34. The van der Waals surface area contributed by atoms with Gasteiger partial charge in [0.15, 0.2) is 0 Å². The second kappa shape index (κ2) is 4.80. The Balaban J connectivity index is 1.90. The Labute approximate surface area is 120 Å². The number of alkyl halides is 1. The van der Waals surface area contributed by atoms with E-state index in [0.717, 1.165) is 9.13 Å². The van der Waals surface area contributed by atoms with E-state index in [0.29, 0.717) is 17.2 Å². The molecule has 1 aliphatic rings. The van der Waals surface area contributed by atoms with Crippen LogP contribution in [0.5, 0.6) is 23.0 Å². The summed E-state index contributed by atoms with van der Waals surface area (Å²) < 4.78 is 12.3. The first-order valence-electron chi connectivity index (χ1n) is 5.66. The topological polar surface area (TPSA) is 58.9 Å². The van der Waals surface area contributed by atoms with Crippen molar-refractivity contribution < 1.29 is 40.9 Å². The Morgan fingerprint density at radius 2 is 1.79 bits per heavy atom. The van der Waals surface area contributed by atoms with Crippen LogP contribution in [-0.2, 0) is 0 Å². The van der Waals surface area contributed by atoms with Gasteiger partial charge in [-0.15, -0.1) is 0 Å². The number of aromatic hydroxyl groups is 2. The SMILES string of the molecule is C[I-]c1cc(C2Oc3ccc(O)cc3O2)ccc1O. The monoisotopic (exact) mass is 371 g/mol. The first-order chi connectivity index (χ1) is 9.17. The van der Waals surface area contributed by atoms with E-state index in [2.05, 4.69) is 4.93 Å². The molecular weight excluding hydrogens is 359 g/mol. The van der Waals surface area contributed by atoms with E-state index in [1.54, 1.807) is 24.3 Å². The molecule has 2 aromatic carbocycles. The summed E-state index contributed by atoms with van der Waals surface area (Å²) in [5.41, 5.74) is 0.866. The zero-order chi connectivity index (χ0) is 13.4. The fourth-order valence-corrected chi connectivity index (χ4v) is 3.30.